The standard InChI is InChI=1S/C19H20N2O/c22-19(16-10-5-2-6-11-16)21-20-18-13-7-12-17(18)14-15-8-3-1-4-9-15/h1-6,8-11,17H,7,12-14H2,(H,21,22)/b20-18+/t17-/m0/s1. The zero-order valence-electron chi connectivity index (χ0n) is 12.5. The lowest BCUT2D eigenvalue weighted by molar-refractivity contribution is 0.0954. The molecule has 0 aliphatic heterocycles. The monoisotopic (exact) mass is 292 g/mol. The Hall–Kier alpha value is -2.42. The molecule has 1 atom stereocenters. The van der Waals surface area contributed by atoms with Gasteiger partial charge in [-0.25, -0.2) is 5.43 Å². The second-order valence-corrected chi connectivity index (χ2v) is 5.69. The Balaban J connectivity index is 1.64. The van der Waals surface area contributed by atoms with Gasteiger partial charge in [-0.1, -0.05) is 48.5 Å². The molecule has 1 aliphatic rings. The molecule has 1 aliphatic carbocycles. The third kappa shape index (κ3) is 3.61. The maximum absolute atomic E-state index is 12.0. The van der Waals surface area contributed by atoms with Gasteiger partial charge in [0.25, 0.3) is 5.91 Å². The van der Waals surface area contributed by atoms with E-state index in [1.807, 2.05) is 24.3 Å². The second-order valence-electron chi connectivity index (χ2n) is 5.69. The first kappa shape index (κ1) is 14.5. The number of rotatable bonds is 4. The van der Waals surface area contributed by atoms with Gasteiger partial charge in [0, 0.05) is 17.2 Å². The number of hydrogen-bond acceptors (Lipinski definition) is 2. The van der Waals surface area contributed by atoms with Gasteiger partial charge in [-0.15, -0.1) is 0 Å². The molecule has 3 rings (SSSR count). The fourth-order valence-electron chi connectivity index (χ4n) is 2.94. The van der Waals surface area contributed by atoms with Gasteiger partial charge in [0.05, 0.1) is 0 Å². The molecular formula is C19H20N2O. The van der Waals surface area contributed by atoms with Crippen LogP contribution < -0.4 is 5.43 Å². The number of hydrogen-bond donors (Lipinski definition) is 1. The molecule has 0 unspecified atom stereocenters. The van der Waals surface area contributed by atoms with Gasteiger partial charge in [0.1, 0.15) is 0 Å². The van der Waals surface area contributed by atoms with Gasteiger partial charge in [-0.3, -0.25) is 4.79 Å². The van der Waals surface area contributed by atoms with Crippen LogP contribution in [-0.2, 0) is 6.42 Å². The summed E-state index contributed by atoms with van der Waals surface area (Å²) in [6.07, 6.45) is 4.28. The molecule has 0 bridgehead atoms. The molecule has 22 heavy (non-hydrogen) atoms. The van der Waals surface area contributed by atoms with E-state index < -0.39 is 0 Å². The van der Waals surface area contributed by atoms with E-state index in [2.05, 4.69) is 34.8 Å². The molecule has 1 fully saturated rings. The summed E-state index contributed by atoms with van der Waals surface area (Å²) in [5, 5.41) is 4.39. The zero-order chi connectivity index (χ0) is 15.2. The van der Waals surface area contributed by atoms with E-state index in [0.717, 1.165) is 31.4 Å². The van der Waals surface area contributed by atoms with Crippen LogP contribution in [0.1, 0.15) is 35.2 Å². The Labute approximate surface area is 131 Å². The lowest BCUT2D eigenvalue weighted by Crippen LogP contribution is -2.21. The number of amides is 1. The lowest BCUT2D eigenvalue weighted by Gasteiger charge is -2.11. The van der Waals surface area contributed by atoms with Gasteiger partial charge in [0.15, 0.2) is 0 Å². The van der Waals surface area contributed by atoms with Crippen molar-refractivity contribution in [3.8, 4) is 0 Å². The minimum Gasteiger partial charge on any atom is -0.267 e. The number of benzene rings is 2. The SMILES string of the molecule is O=C(N/N=C1\CCC[C@H]1Cc1ccccc1)c1ccccc1. The average Bonchev–Trinajstić information content (AvgIpc) is 3.01. The van der Waals surface area contributed by atoms with Gasteiger partial charge < -0.3 is 0 Å². The molecule has 1 N–H and O–H groups in total. The molecule has 0 aromatic heterocycles. The Morgan fingerprint density at radius 1 is 1.05 bits per heavy atom. The molecule has 0 heterocycles. The van der Waals surface area contributed by atoms with Crippen LogP contribution in [0, 0.1) is 5.92 Å². The highest BCUT2D eigenvalue weighted by Gasteiger charge is 2.23. The van der Waals surface area contributed by atoms with Crippen LogP contribution >= 0.6 is 0 Å². The summed E-state index contributed by atoms with van der Waals surface area (Å²) < 4.78 is 0. The first-order valence-electron chi connectivity index (χ1n) is 7.78. The summed E-state index contributed by atoms with van der Waals surface area (Å²) in [6.45, 7) is 0. The van der Waals surface area contributed by atoms with Crippen molar-refractivity contribution in [2.45, 2.75) is 25.7 Å². The maximum Gasteiger partial charge on any atom is 0.271 e. The fourth-order valence-corrected chi connectivity index (χ4v) is 2.94. The van der Waals surface area contributed by atoms with Crippen molar-refractivity contribution in [2.24, 2.45) is 11.0 Å². The van der Waals surface area contributed by atoms with Gasteiger partial charge >= 0.3 is 0 Å². The Morgan fingerprint density at radius 3 is 2.45 bits per heavy atom. The molecule has 0 radical (unpaired) electrons. The minimum atomic E-state index is -0.140. The summed E-state index contributed by atoms with van der Waals surface area (Å²) >= 11 is 0. The Bertz CT molecular complexity index is 650. The maximum atomic E-state index is 12.0. The van der Waals surface area contributed by atoms with Crippen molar-refractivity contribution in [1.29, 1.82) is 0 Å². The lowest BCUT2D eigenvalue weighted by atomic mass is 9.97. The van der Waals surface area contributed by atoms with Crippen molar-refractivity contribution in [1.82, 2.24) is 5.43 Å². The zero-order valence-corrected chi connectivity index (χ0v) is 12.5. The van der Waals surface area contributed by atoms with Crippen LogP contribution in [0.5, 0.6) is 0 Å². The van der Waals surface area contributed by atoms with Crippen LogP contribution in [-0.4, -0.2) is 11.6 Å². The molecule has 1 amide bonds. The summed E-state index contributed by atoms with van der Waals surface area (Å²) in [7, 11) is 0. The van der Waals surface area contributed by atoms with Crippen molar-refractivity contribution < 1.29 is 4.79 Å². The Kier molecular flexibility index (Phi) is 4.64. The van der Waals surface area contributed by atoms with Crippen molar-refractivity contribution in [3.63, 3.8) is 0 Å². The van der Waals surface area contributed by atoms with E-state index in [0.29, 0.717) is 11.5 Å². The van der Waals surface area contributed by atoms with Gasteiger partial charge in [0.2, 0.25) is 0 Å². The first-order chi connectivity index (χ1) is 10.8. The second kappa shape index (κ2) is 7.03. The number of nitrogens with one attached hydrogen (secondary N) is 1. The summed E-state index contributed by atoms with van der Waals surface area (Å²) in [5.74, 6) is 0.303. The third-order valence-electron chi connectivity index (χ3n) is 4.12. The molecule has 2 aromatic rings. The van der Waals surface area contributed by atoms with E-state index >= 15 is 0 Å². The number of hydrazone groups is 1. The summed E-state index contributed by atoms with van der Waals surface area (Å²) in [4.78, 5) is 12.0. The molecular weight excluding hydrogens is 272 g/mol. The third-order valence-corrected chi connectivity index (χ3v) is 4.12. The van der Waals surface area contributed by atoms with Gasteiger partial charge in [-0.05, 0) is 43.4 Å². The average molecular weight is 292 g/mol. The quantitative estimate of drug-likeness (QED) is 0.855. The topological polar surface area (TPSA) is 41.5 Å². The molecule has 0 saturated heterocycles. The van der Waals surface area contributed by atoms with Crippen LogP contribution in [0.3, 0.4) is 0 Å². The molecule has 2 aromatic carbocycles. The van der Waals surface area contributed by atoms with Crippen molar-refractivity contribution >= 4 is 11.6 Å². The summed E-state index contributed by atoms with van der Waals surface area (Å²) in [6, 6.07) is 19.7. The van der Waals surface area contributed by atoms with Crippen LogP contribution in [0.4, 0.5) is 0 Å². The smallest absolute Gasteiger partial charge is 0.267 e. The largest absolute Gasteiger partial charge is 0.271 e. The highest BCUT2D eigenvalue weighted by atomic mass is 16.2. The predicted molar refractivity (Wildman–Crippen MR) is 88.8 cm³/mol. The van der Waals surface area contributed by atoms with Crippen molar-refractivity contribution in [3.05, 3.63) is 71.8 Å². The predicted octanol–water partition coefficient (Wildman–Crippen LogP) is 3.82. The fraction of sp³-hybridized carbons (Fsp3) is 0.263. The molecule has 1 saturated carbocycles. The van der Waals surface area contributed by atoms with E-state index in [1.165, 1.54) is 5.56 Å². The van der Waals surface area contributed by atoms with Crippen LogP contribution in [0.15, 0.2) is 65.8 Å². The van der Waals surface area contributed by atoms with E-state index in [4.69, 9.17) is 0 Å². The minimum absolute atomic E-state index is 0.140. The van der Waals surface area contributed by atoms with E-state index in [9.17, 15) is 4.79 Å². The summed E-state index contributed by atoms with van der Waals surface area (Å²) in [5.41, 5.74) is 5.80. The normalized spacial score (nSPS) is 19.3. The highest BCUT2D eigenvalue weighted by molar-refractivity contribution is 5.96. The van der Waals surface area contributed by atoms with Crippen molar-refractivity contribution in [2.75, 3.05) is 0 Å². The molecule has 0 spiro atoms. The first-order valence-corrected chi connectivity index (χ1v) is 7.78. The number of carbonyl (C=O) groups is 1. The van der Waals surface area contributed by atoms with E-state index in [1.54, 1.807) is 12.1 Å². The van der Waals surface area contributed by atoms with E-state index in [-0.39, 0.29) is 5.91 Å². The van der Waals surface area contributed by atoms with Crippen LogP contribution in [0.2, 0.25) is 0 Å². The highest BCUT2D eigenvalue weighted by Crippen LogP contribution is 2.26. The number of nitrogens with zero attached hydrogens (tertiary/aromatic N) is 1. The van der Waals surface area contributed by atoms with Gasteiger partial charge in [-0.2, -0.15) is 5.10 Å². The molecule has 3 nitrogen and oxygen atoms in total. The Morgan fingerprint density at radius 2 is 1.73 bits per heavy atom. The van der Waals surface area contributed by atoms with Crippen LogP contribution in [0.25, 0.3) is 0 Å². The molecule has 3 heteroatoms. The molecule has 112 valence electrons. The number of carbonyl (C=O) groups excluding carboxylic acids is 1.